The number of benzene rings is 3. The first-order chi connectivity index (χ1) is 11.4. The van der Waals surface area contributed by atoms with Gasteiger partial charge in [0.05, 0.1) is 3.57 Å². The first-order valence-electron chi connectivity index (χ1n) is 7.09. The van der Waals surface area contributed by atoms with Gasteiger partial charge in [0.1, 0.15) is 5.82 Å². The summed E-state index contributed by atoms with van der Waals surface area (Å²) in [4.78, 5) is 0. The molecule has 0 saturated carbocycles. The summed E-state index contributed by atoms with van der Waals surface area (Å²) in [6.45, 7) is 2.13. The zero-order valence-corrected chi connectivity index (χ0v) is 21.1. The van der Waals surface area contributed by atoms with Crippen LogP contribution in [0, 0.1) is 27.0 Å². The van der Waals surface area contributed by atoms with Crippen molar-refractivity contribution in [2.45, 2.75) is 6.92 Å². The maximum Gasteiger partial charge on any atom is 0.137 e. The molecular weight excluding hydrogens is 755 g/mol. The number of halogens is 5. The van der Waals surface area contributed by atoms with E-state index >= 15 is 0 Å². The molecule has 0 amide bonds. The largest absolute Gasteiger partial charge is 0.206 e. The minimum atomic E-state index is -0.163. The Morgan fingerprint density at radius 1 is 0.583 bits per heavy atom. The predicted octanol–water partition coefficient (Wildman–Crippen LogP) is 7.89. The van der Waals surface area contributed by atoms with Crippen molar-refractivity contribution in [3.63, 3.8) is 0 Å². The van der Waals surface area contributed by atoms with Gasteiger partial charge in [-0.2, -0.15) is 0 Å². The van der Waals surface area contributed by atoms with Gasteiger partial charge in [-0.25, -0.2) is 4.39 Å². The van der Waals surface area contributed by atoms with E-state index in [1.807, 2.05) is 6.07 Å². The highest BCUT2D eigenvalue weighted by atomic mass is 127. The van der Waals surface area contributed by atoms with Crippen molar-refractivity contribution >= 4 is 90.4 Å². The molecule has 5 heteroatoms. The second kappa shape index (κ2) is 8.03. The van der Waals surface area contributed by atoms with Gasteiger partial charge in [0.25, 0.3) is 0 Å². The van der Waals surface area contributed by atoms with Crippen molar-refractivity contribution in [3.8, 4) is 22.3 Å². The normalized spacial score (nSPS) is 10.9. The molecule has 3 aromatic rings. The molecule has 0 heterocycles. The van der Waals surface area contributed by atoms with Gasteiger partial charge in [-0.1, -0.05) is 42.5 Å². The predicted molar refractivity (Wildman–Crippen MR) is 133 cm³/mol. The molecule has 0 N–H and O–H groups in total. The highest BCUT2D eigenvalue weighted by molar-refractivity contribution is 14.1. The van der Waals surface area contributed by atoms with E-state index in [1.165, 1.54) is 23.8 Å². The summed E-state index contributed by atoms with van der Waals surface area (Å²) < 4.78 is 17.9. The molecule has 0 saturated heterocycles. The van der Waals surface area contributed by atoms with Crippen LogP contribution in [-0.4, -0.2) is 0 Å². The van der Waals surface area contributed by atoms with E-state index < -0.39 is 0 Å². The average Bonchev–Trinajstić information content (AvgIpc) is 2.58. The molecule has 122 valence electrons. The molecule has 0 aliphatic rings. The Hall–Kier alpha value is 0.510. The van der Waals surface area contributed by atoms with Crippen LogP contribution in [0.25, 0.3) is 22.3 Å². The first-order valence-corrected chi connectivity index (χ1v) is 11.4. The van der Waals surface area contributed by atoms with Crippen LogP contribution < -0.4 is 0 Å². The monoisotopic (exact) mass is 766 g/mol. The lowest BCUT2D eigenvalue weighted by molar-refractivity contribution is 0.619. The maximum absolute atomic E-state index is 13.7. The van der Waals surface area contributed by atoms with E-state index in [0.717, 1.165) is 14.7 Å². The average molecular weight is 766 g/mol. The first kappa shape index (κ1) is 19.3. The van der Waals surface area contributed by atoms with Gasteiger partial charge in [-0.15, -0.1) is 0 Å². The molecule has 3 aromatic carbocycles. The van der Waals surface area contributed by atoms with E-state index in [0.29, 0.717) is 3.57 Å². The Morgan fingerprint density at radius 3 is 1.58 bits per heavy atom. The third-order valence-corrected chi connectivity index (χ3v) is 10.6. The topological polar surface area (TPSA) is 0 Å². The molecule has 0 radical (unpaired) electrons. The Balaban J connectivity index is 2.04. The summed E-state index contributed by atoms with van der Waals surface area (Å²) in [5, 5.41) is 0. The summed E-state index contributed by atoms with van der Waals surface area (Å²) in [7, 11) is 0. The van der Waals surface area contributed by atoms with Gasteiger partial charge in [-0.05, 0) is 131 Å². The van der Waals surface area contributed by atoms with Crippen molar-refractivity contribution in [1.29, 1.82) is 0 Å². The Bertz CT molecular complexity index is 841. The second-order valence-corrected chi connectivity index (χ2v) is 9.67. The highest BCUT2D eigenvalue weighted by Crippen LogP contribution is 2.34. The molecule has 0 aromatic heterocycles. The SMILES string of the molecule is Cc1ccc(-c2ccc(-c3ccc(F)c(I)c3I)cc2)c(I)c1I. The molecule has 0 aliphatic carbocycles. The lowest BCUT2D eigenvalue weighted by atomic mass is 10.00. The summed E-state index contributed by atoms with van der Waals surface area (Å²) in [6.07, 6.45) is 0. The summed E-state index contributed by atoms with van der Waals surface area (Å²) in [5.41, 5.74) is 5.93. The van der Waals surface area contributed by atoms with Crippen molar-refractivity contribution in [2.24, 2.45) is 0 Å². The lowest BCUT2D eigenvalue weighted by Crippen LogP contribution is -1.92. The number of hydrogen-bond acceptors (Lipinski definition) is 0. The summed E-state index contributed by atoms with van der Waals surface area (Å²) in [5.74, 6) is -0.163. The fraction of sp³-hybridized carbons (Fsp3) is 0.0526. The summed E-state index contributed by atoms with van der Waals surface area (Å²) >= 11 is 9.10. The highest BCUT2D eigenvalue weighted by Gasteiger charge is 2.12. The van der Waals surface area contributed by atoms with Crippen LogP contribution in [0.3, 0.4) is 0 Å². The molecule has 3 rings (SSSR count). The van der Waals surface area contributed by atoms with E-state index in [9.17, 15) is 4.39 Å². The minimum Gasteiger partial charge on any atom is -0.206 e. The minimum absolute atomic E-state index is 0.163. The van der Waals surface area contributed by atoms with E-state index in [1.54, 1.807) is 6.07 Å². The number of rotatable bonds is 2. The van der Waals surface area contributed by atoms with E-state index in [-0.39, 0.29) is 5.82 Å². The third-order valence-electron chi connectivity index (χ3n) is 3.82. The number of hydrogen-bond donors (Lipinski definition) is 0. The van der Waals surface area contributed by atoms with Crippen molar-refractivity contribution in [1.82, 2.24) is 0 Å². The molecule has 0 spiro atoms. The molecule has 0 atom stereocenters. The van der Waals surface area contributed by atoms with Gasteiger partial charge in [0.2, 0.25) is 0 Å². The van der Waals surface area contributed by atoms with Crippen LogP contribution in [0.15, 0.2) is 48.5 Å². The second-order valence-electron chi connectivity index (χ2n) is 5.36. The molecule has 0 bridgehead atoms. The molecule has 0 aliphatic heterocycles. The van der Waals surface area contributed by atoms with Crippen molar-refractivity contribution < 1.29 is 4.39 Å². The van der Waals surface area contributed by atoms with Crippen LogP contribution >= 0.6 is 90.4 Å². The Morgan fingerprint density at radius 2 is 1.04 bits per heavy atom. The molecule has 0 fully saturated rings. The molecular formula is C19H11FI4. The van der Waals surface area contributed by atoms with E-state index in [2.05, 4.69) is 134 Å². The van der Waals surface area contributed by atoms with Gasteiger partial charge in [0.15, 0.2) is 0 Å². The Kier molecular flexibility index (Phi) is 6.45. The van der Waals surface area contributed by atoms with Gasteiger partial charge >= 0.3 is 0 Å². The van der Waals surface area contributed by atoms with Gasteiger partial charge in [0, 0.05) is 10.7 Å². The van der Waals surface area contributed by atoms with Crippen LogP contribution in [0.4, 0.5) is 4.39 Å². The zero-order valence-electron chi connectivity index (χ0n) is 12.5. The standard InChI is InChI=1S/C19H11FI4/c1-10-2-7-13(17(22)16(10)21)11-3-5-12(6-4-11)14-8-9-15(20)19(24)18(14)23/h2-9H,1H3. The fourth-order valence-corrected chi connectivity index (χ4v) is 5.05. The molecule has 0 unspecified atom stereocenters. The van der Waals surface area contributed by atoms with E-state index in [4.69, 9.17) is 0 Å². The third kappa shape index (κ3) is 3.78. The maximum atomic E-state index is 13.7. The van der Waals surface area contributed by atoms with Crippen molar-refractivity contribution in [3.05, 3.63) is 74.2 Å². The summed E-state index contributed by atoms with van der Waals surface area (Å²) in [6, 6.07) is 16.3. The smallest absolute Gasteiger partial charge is 0.137 e. The molecule has 0 nitrogen and oxygen atoms in total. The quantitative estimate of drug-likeness (QED) is 0.184. The zero-order chi connectivity index (χ0) is 17.4. The lowest BCUT2D eigenvalue weighted by Gasteiger charge is -2.11. The molecule has 24 heavy (non-hydrogen) atoms. The number of aryl methyl sites for hydroxylation is 1. The Labute approximate surface area is 195 Å². The van der Waals surface area contributed by atoms with Crippen LogP contribution in [0.5, 0.6) is 0 Å². The fourth-order valence-electron chi connectivity index (χ4n) is 2.45. The van der Waals surface area contributed by atoms with Crippen molar-refractivity contribution in [2.75, 3.05) is 0 Å². The van der Waals surface area contributed by atoms with Gasteiger partial charge < -0.3 is 0 Å². The van der Waals surface area contributed by atoms with Gasteiger partial charge in [-0.3, -0.25) is 0 Å². The van der Waals surface area contributed by atoms with Crippen LogP contribution in [0.2, 0.25) is 0 Å². The van der Waals surface area contributed by atoms with Crippen LogP contribution in [-0.2, 0) is 0 Å². The van der Waals surface area contributed by atoms with Crippen LogP contribution in [0.1, 0.15) is 5.56 Å².